The van der Waals surface area contributed by atoms with Crippen LogP contribution in [-0.4, -0.2) is 47.8 Å². The number of nitrogens with zero attached hydrogens (tertiary/aromatic N) is 3. The molecule has 9 nitrogen and oxygen atoms in total. The number of hydrogen-bond donors (Lipinski definition) is 2. The molecule has 2 N–H and O–H groups in total. The van der Waals surface area contributed by atoms with Crippen molar-refractivity contribution in [1.29, 1.82) is 0 Å². The molecule has 1 amide bonds. The first-order valence-electron chi connectivity index (χ1n) is 15.3. The van der Waals surface area contributed by atoms with Gasteiger partial charge in [0.15, 0.2) is 10.9 Å². The van der Waals surface area contributed by atoms with E-state index in [2.05, 4.69) is 25.1 Å². The molecule has 4 aliphatic rings. The number of carbonyl (C=O) groups excluding carboxylic acids is 1. The van der Waals surface area contributed by atoms with Crippen molar-refractivity contribution in [3.05, 3.63) is 63.1 Å². The molecule has 2 unspecified atom stereocenters. The number of amides is 1. The predicted octanol–water partition coefficient (Wildman–Crippen LogP) is 6.79. The second-order valence-corrected chi connectivity index (χ2v) is 16.3. The van der Waals surface area contributed by atoms with E-state index < -0.39 is 27.0 Å². The summed E-state index contributed by atoms with van der Waals surface area (Å²) in [5.74, 6) is -0.177. The van der Waals surface area contributed by atoms with Crippen LogP contribution < -0.4 is 14.9 Å². The molecule has 2 atom stereocenters. The summed E-state index contributed by atoms with van der Waals surface area (Å²) in [6.07, 6.45) is 7.03. The summed E-state index contributed by atoms with van der Waals surface area (Å²) in [6.45, 7) is 0.587. The molecule has 2 saturated carbocycles. The van der Waals surface area contributed by atoms with E-state index in [9.17, 15) is 13.2 Å². The fourth-order valence-corrected chi connectivity index (χ4v) is 9.89. The van der Waals surface area contributed by atoms with E-state index in [4.69, 9.17) is 27.7 Å². The van der Waals surface area contributed by atoms with Gasteiger partial charge in [-0.25, -0.2) is 22.5 Å². The molecule has 2 aliphatic carbocycles. The SMILES string of the molecule is O=C(NS(=O)(=O)C1CC1)c1cc(F)c2nc(N3C4CCC3CC(NCc3c(-c5c(Cl)cccc5Cl)noc3C3CC3)C4)sc2c1. The van der Waals surface area contributed by atoms with E-state index >= 15 is 4.39 Å². The van der Waals surface area contributed by atoms with Crippen LogP contribution in [0.15, 0.2) is 34.9 Å². The van der Waals surface area contributed by atoms with Gasteiger partial charge >= 0.3 is 0 Å². The molecule has 14 heteroatoms. The molecule has 236 valence electrons. The van der Waals surface area contributed by atoms with Gasteiger partial charge in [0.2, 0.25) is 10.0 Å². The average Bonchev–Trinajstić information content (AvgIpc) is 3.92. The Kier molecular flexibility index (Phi) is 7.36. The lowest BCUT2D eigenvalue weighted by molar-refractivity contribution is 0.0981. The highest BCUT2D eigenvalue weighted by molar-refractivity contribution is 7.91. The maximum absolute atomic E-state index is 15.2. The highest BCUT2D eigenvalue weighted by atomic mass is 35.5. The number of sulfonamides is 1. The van der Waals surface area contributed by atoms with Gasteiger partial charge in [-0.1, -0.05) is 45.8 Å². The summed E-state index contributed by atoms with van der Waals surface area (Å²) >= 11 is 14.4. The van der Waals surface area contributed by atoms with E-state index in [1.807, 2.05) is 18.2 Å². The minimum atomic E-state index is -3.74. The highest BCUT2D eigenvalue weighted by Crippen LogP contribution is 2.47. The van der Waals surface area contributed by atoms with Crippen LogP contribution in [0.2, 0.25) is 10.0 Å². The summed E-state index contributed by atoms with van der Waals surface area (Å²) in [4.78, 5) is 19.6. The Morgan fingerprint density at radius 3 is 2.44 bits per heavy atom. The molecule has 2 aromatic carbocycles. The molecule has 4 fully saturated rings. The third kappa shape index (κ3) is 5.52. The van der Waals surface area contributed by atoms with Gasteiger partial charge in [-0.2, -0.15) is 0 Å². The number of anilines is 1. The van der Waals surface area contributed by atoms with Crippen molar-refractivity contribution in [1.82, 2.24) is 20.2 Å². The monoisotopic (exact) mass is 689 g/mol. The van der Waals surface area contributed by atoms with Crippen molar-refractivity contribution >= 4 is 65.8 Å². The lowest BCUT2D eigenvalue weighted by Gasteiger charge is -2.39. The summed E-state index contributed by atoms with van der Waals surface area (Å²) in [5.41, 5.74) is 2.56. The minimum absolute atomic E-state index is 0.0259. The number of carbonyl (C=O) groups is 1. The summed E-state index contributed by atoms with van der Waals surface area (Å²) in [5, 5.41) is 9.44. The van der Waals surface area contributed by atoms with Crippen LogP contribution >= 0.6 is 34.5 Å². The van der Waals surface area contributed by atoms with Gasteiger partial charge in [0.1, 0.15) is 17.0 Å². The second kappa shape index (κ2) is 11.2. The number of fused-ring (bicyclic) bond motifs is 3. The minimum Gasteiger partial charge on any atom is -0.360 e. The molecule has 4 heterocycles. The van der Waals surface area contributed by atoms with Crippen molar-refractivity contribution in [2.45, 2.75) is 87.2 Å². The maximum Gasteiger partial charge on any atom is 0.264 e. The van der Waals surface area contributed by atoms with Crippen LogP contribution in [0.1, 0.15) is 79.0 Å². The first-order valence-corrected chi connectivity index (χ1v) is 18.4. The molecule has 2 saturated heterocycles. The molecular weight excluding hydrogens is 660 g/mol. The molecule has 2 bridgehead atoms. The number of rotatable bonds is 9. The van der Waals surface area contributed by atoms with Crippen LogP contribution in [0.3, 0.4) is 0 Å². The van der Waals surface area contributed by atoms with Crippen molar-refractivity contribution < 1.29 is 22.1 Å². The Morgan fingerprint density at radius 1 is 1.07 bits per heavy atom. The van der Waals surface area contributed by atoms with Crippen LogP contribution in [0, 0.1) is 5.82 Å². The molecule has 2 aromatic heterocycles. The molecule has 8 rings (SSSR count). The van der Waals surface area contributed by atoms with E-state index in [0.29, 0.717) is 51.3 Å². The number of nitrogens with one attached hydrogen (secondary N) is 2. The lowest BCUT2D eigenvalue weighted by atomic mass is 9.97. The Hall–Kier alpha value is -2.77. The van der Waals surface area contributed by atoms with Crippen molar-refractivity contribution in [3.63, 3.8) is 0 Å². The third-order valence-electron chi connectivity index (χ3n) is 9.39. The van der Waals surface area contributed by atoms with Gasteiger partial charge in [0, 0.05) is 47.3 Å². The zero-order valence-corrected chi connectivity index (χ0v) is 27.2. The smallest absolute Gasteiger partial charge is 0.264 e. The summed E-state index contributed by atoms with van der Waals surface area (Å²) < 4.78 is 48.1. The summed E-state index contributed by atoms with van der Waals surface area (Å²) in [6, 6.07) is 8.76. The second-order valence-electron chi connectivity index (χ2n) is 12.6. The van der Waals surface area contributed by atoms with Gasteiger partial charge in [0.25, 0.3) is 5.91 Å². The van der Waals surface area contributed by atoms with E-state index in [-0.39, 0.29) is 29.2 Å². The lowest BCUT2D eigenvalue weighted by Crippen LogP contribution is -2.49. The Morgan fingerprint density at radius 2 is 1.78 bits per heavy atom. The molecular formula is C31H30Cl2FN5O4S2. The molecule has 0 radical (unpaired) electrons. The number of piperidine rings is 1. The van der Waals surface area contributed by atoms with E-state index in [0.717, 1.165) is 61.0 Å². The van der Waals surface area contributed by atoms with Gasteiger partial charge in [0.05, 0.1) is 20.0 Å². The van der Waals surface area contributed by atoms with Gasteiger partial charge < -0.3 is 14.7 Å². The van der Waals surface area contributed by atoms with Crippen LogP contribution in [-0.2, 0) is 16.6 Å². The zero-order valence-electron chi connectivity index (χ0n) is 24.1. The van der Waals surface area contributed by atoms with Crippen LogP contribution in [0.25, 0.3) is 21.5 Å². The van der Waals surface area contributed by atoms with Crippen LogP contribution in [0.5, 0.6) is 0 Å². The number of hydrogen-bond acceptors (Lipinski definition) is 9. The normalized spacial score (nSPS) is 23.2. The van der Waals surface area contributed by atoms with Crippen molar-refractivity contribution in [3.8, 4) is 11.3 Å². The van der Waals surface area contributed by atoms with Crippen molar-refractivity contribution in [2.75, 3.05) is 4.90 Å². The standard InChI is InChI=1S/C31H30Cl2FN5O4S2/c32-22-2-1-3-23(33)26(22)27-21(29(43-37-27)15-4-5-15)14-35-17-12-18-6-7-19(13-17)39(18)31-36-28-24(34)10-16(11-25(28)44-31)30(40)38-45(41,42)20-8-9-20/h1-3,10-11,15,17-20,35H,4-9,12-14H2,(H,38,40). The fraction of sp³-hybridized carbons (Fsp3) is 0.452. The van der Waals surface area contributed by atoms with E-state index in [1.165, 1.54) is 17.4 Å². The molecule has 0 spiro atoms. The molecule has 45 heavy (non-hydrogen) atoms. The van der Waals surface area contributed by atoms with Gasteiger partial charge in [-0.05, 0) is 75.6 Å². The Balaban J connectivity index is 0.992. The molecule has 2 aliphatic heterocycles. The summed E-state index contributed by atoms with van der Waals surface area (Å²) in [7, 11) is -3.74. The molecule has 4 aromatic rings. The predicted molar refractivity (Wildman–Crippen MR) is 172 cm³/mol. The fourth-order valence-electron chi connectivity index (χ4n) is 6.85. The number of aromatic nitrogens is 2. The van der Waals surface area contributed by atoms with Crippen LogP contribution in [0.4, 0.5) is 9.52 Å². The number of benzene rings is 2. The topological polar surface area (TPSA) is 117 Å². The first-order chi connectivity index (χ1) is 21.7. The average molecular weight is 691 g/mol. The first kappa shape index (κ1) is 29.6. The largest absolute Gasteiger partial charge is 0.360 e. The Bertz CT molecular complexity index is 1910. The zero-order chi connectivity index (χ0) is 31.0. The number of halogens is 3. The Labute approximate surface area is 273 Å². The van der Waals surface area contributed by atoms with Gasteiger partial charge in [-0.15, -0.1) is 0 Å². The van der Waals surface area contributed by atoms with E-state index in [1.54, 1.807) is 0 Å². The van der Waals surface area contributed by atoms with Crippen molar-refractivity contribution in [2.24, 2.45) is 0 Å². The third-order valence-corrected chi connectivity index (χ3v) is 12.8. The highest BCUT2D eigenvalue weighted by Gasteiger charge is 2.43. The quantitative estimate of drug-likeness (QED) is 0.197. The number of thiazole rings is 1. The maximum atomic E-state index is 15.2. The van der Waals surface area contributed by atoms with Gasteiger partial charge in [-0.3, -0.25) is 4.79 Å².